The number of anilines is 1. The lowest BCUT2D eigenvalue weighted by molar-refractivity contribution is 1.13. The molecule has 0 amide bonds. The Morgan fingerprint density at radius 2 is 1.90 bits per heavy atom. The van der Waals surface area contributed by atoms with E-state index in [-0.39, 0.29) is 0 Å². The summed E-state index contributed by atoms with van der Waals surface area (Å²) < 4.78 is 1.12. The van der Waals surface area contributed by atoms with E-state index >= 15 is 0 Å². The Hall–Kier alpha value is -1.87. The summed E-state index contributed by atoms with van der Waals surface area (Å²) in [6.45, 7) is 2.85. The van der Waals surface area contributed by atoms with E-state index in [0.29, 0.717) is 0 Å². The van der Waals surface area contributed by atoms with Crippen molar-refractivity contribution < 1.29 is 0 Å². The predicted molar refractivity (Wildman–Crippen MR) is 87.9 cm³/mol. The van der Waals surface area contributed by atoms with Gasteiger partial charge in [-0.15, -0.1) is 0 Å². The Labute approximate surface area is 127 Å². The fourth-order valence-corrected chi connectivity index (χ4v) is 2.70. The summed E-state index contributed by atoms with van der Waals surface area (Å²) in [5.41, 5.74) is 3.54. The van der Waals surface area contributed by atoms with Crippen molar-refractivity contribution in [3.8, 4) is 0 Å². The number of hydrogen-bond donors (Lipinski definition) is 1. The third-order valence-corrected chi connectivity index (χ3v) is 4.46. The Balaban J connectivity index is 1.89. The highest BCUT2D eigenvalue weighted by Crippen LogP contribution is 2.27. The molecule has 0 bridgehead atoms. The van der Waals surface area contributed by atoms with Crippen LogP contribution in [0.1, 0.15) is 11.1 Å². The highest BCUT2D eigenvalue weighted by Gasteiger charge is 2.04. The SMILES string of the molecule is Cc1cccc(NCc2cncc3ccccc23)c1Br. The zero-order valence-corrected chi connectivity index (χ0v) is 12.8. The fraction of sp³-hybridized carbons (Fsp3) is 0.118. The molecular formula is C17H15BrN2. The van der Waals surface area contributed by atoms with E-state index in [1.165, 1.54) is 21.9 Å². The van der Waals surface area contributed by atoms with Gasteiger partial charge in [-0.25, -0.2) is 0 Å². The van der Waals surface area contributed by atoms with Gasteiger partial charge >= 0.3 is 0 Å². The molecule has 0 atom stereocenters. The molecule has 0 aliphatic carbocycles. The molecule has 0 radical (unpaired) electrons. The molecule has 0 unspecified atom stereocenters. The number of nitrogens with one attached hydrogen (secondary N) is 1. The van der Waals surface area contributed by atoms with E-state index in [9.17, 15) is 0 Å². The third kappa shape index (κ3) is 2.54. The van der Waals surface area contributed by atoms with E-state index < -0.39 is 0 Å². The van der Waals surface area contributed by atoms with E-state index in [0.717, 1.165) is 16.7 Å². The minimum Gasteiger partial charge on any atom is -0.380 e. The van der Waals surface area contributed by atoms with E-state index in [4.69, 9.17) is 0 Å². The summed E-state index contributed by atoms with van der Waals surface area (Å²) in [7, 11) is 0. The van der Waals surface area contributed by atoms with Crippen LogP contribution in [0.4, 0.5) is 5.69 Å². The smallest absolute Gasteiger partial charge is 0.0490 e. The van der Waals surface area contributed by atoms with Crippen molar-refractivity contribution in [3.05, 3.63) is 70.5 Å². The summed E-state index contributed by atoms with van der Waals surface area (Å²) in [5.74, 6) is 0. The van der Waals surface area contributed by atoms with Crippen LogP contribution in [-0.4, -0.2) is 4.98 Å². The van der Waals surface area contributed by atoms with Crippen LogP contribution in [0.2, 0.25) is 0 Å². The molecular weight excluding hydrogens is 312 g/mol. The molecule has 0 fully saturated rings. The number of rotatable bonds is 3. The van der Waals surface area contributed by atoms with Crippen molar-refractivity contribution in [2.45, 2.75) is 13.5 Å². The van der Waals surface area contributed by atoms with Crippen LogP contribution < -0.4 is 5.32 Å². The summed E-state index contributed by atoms with van der Waals surface area (Å²) >= 11 is 3.63. The van der Waals surface area contributed by atoms with Gasteiger partial charge in [-0.2, -0.15) is 0 Å². The molecule has 0 spiro atoms. The average molecular weight is 327 g/mol. The second-order valence-electron chi connectivity index (χ2n) is 4.81. The summed E-state index contributed by atoms with van der Waals surface area (Å²) in [4.78, 5) is 4.31. The molecule has 2 nitrogen and oxygen atoms in total. The molecule has 0 aliphatic rings. The summed E-state index contributed by atoms with van der Waals surface area (Å²) in [6, 6.07) is 14.6. The van der Waals surface area contributed by atoms with Crippen molar-refractivity contribution in [3.63, 3.8) is 0 Å². The quantitative estimate of drug-likeness (QED) is 0.739. The number of aromatic nitrogens is 1. The Morgan fingerprint density at radius 1 is 1.05 bits per heavy atom. The van der Waals surface area contributed by atoms with Gasteiger partial charge in [0, 0.05) is 34.5 Å². The first-order valence-electron chi connectivity index (χ1n) is 6.56. The first-order chi connectivity index (χ1) is 9.75. The second kappa shape index (κ2) is 5.63. The molecule has 20 heavy (non-hydrogen) atoms. The van der Waals surface area contributed by atoms with Crippen molar-refractivity contribution in [2.75, 3.05) is 5.32 Å². The van der Waals surface area contributed by atoms with Crippen molar-refractivity contribution in [2.24, 2.45) is 0 Å². The van der Waals surface area contributed by atoms with Gasteiger partial charge < -0.3 is 5.32 Å². The molecule has 2 aromatic carbocycles. The molecule has 3 aromatic rings. The normalized spacial score (nSPS) is 10.7. The molecule has 1 heterocycles. The van der Waals surface area contributed by atoms with E-state index in [1.807, 2.05) is 18.5 Å². The maximum Gasteiger partial charge on any atom is 0.0490 e. The second-order valence-corrected chi connectivity index (χ2v) is 5.60. The first kappa shape index (κ1) is 13.1. The first-order valence-corrected chi connectivity index (χ1v) is 7.35. The number of fused-ring (bicyclic) bond motifs is 1. The zero-order chi connectivity index (χ0) is 13.9. The highest BCUT2D eigenvalue weighted by molar-refractivity contribution is 9.10. The lowest BCUT2D eigenvalue weighted by atomic mass is 10.1. The van der Waals surface area contributed by atoms with E-state index in [2.05, 4.69) is 69.6 Å². The van der Waals surface area contributed by atoms with Gasteiger partial charge in [0.1, 0.15) is 0 Å². The Bertz CT molecular complexity index is 748. The number of hydrogen-bond acceptors (Lipinski definition) is 2. The van der Waals surface area contributed by atoms with Crippen LogP contribution in [0.5, 0.6) is 0 Å². The Kier molecular flexibility index (Phi) is 3.70. The van der Waals surface area contributed by atoms with Crippen LogP contribution >= 0.6 is 15.9 Å². The maximum absolute atomic E-state index is 4.31. The van der Waals surface area contributed by atoms with Gasteiger partial charge in [0.2, 0.25) is 0 Å². The van der Waals surface area contributed by atoms with E-state index in [1.54, 1.807) is 0 Å². The largest absolute Gasteiger partial charge is 0.380 e. The van der Waals surface area contributed by atoms with Crippen LogP contribution in [0, 0.1) is 6.92 Å². The topological polar surface area (TPSA) is 24.9 Å². The maximum atomic E-state index is 4.31. The summed E-state index contributed by atoms with van der Waals surface area (Å²) in [6.07, 6.45) is 3.83. The minimum atomic E-state index is 0.760. The molecule has 3 heteroatoms. The summed E-state index contributed by atoms with van der Waals surface area (Å²) in [5, 5.41) is 5.90. The van der Waals surface area contributed by atoms with Gasteiger partial charge in [0.15, 0.2) is 0 Å². The number of pyridine rings is 1. The average Bonchev–Trinajstić information content (AvgIpc) is 2.49. The van der Waals surface area contributed by atoms with Crippen molar-refractivity contribution >= 4 is 32.4 Å². The standard InChI is InChI=1S/C17H15BrN2/c1-12-5-4-8-16(17(12)18)20-11-14-10-19-9-13-6-2-3-7-15(13)14/h2-10,20H,11H2,1H3. The molecule has 0 aliphatic heterocycles. The van der Waals surface area contributed by atoms with Crippen LogP contribution in [0.3, 0.4) is 0 Å². The van der Waals surface area contributed by atoms with Crippen LogP contribution in [0.15, 0.2) is 59.3 Å². The van der Waals surface area contributed by atoms with Gasteiger partial charge in [0.05, 0.1) is 0 Å². The lowest BCUT2D eigenvalue weighted by Crippen LogP contribution is -2.01. The van der Waals surface area contributed by atoms with Crippen molar-refractivity contribution in [1.82, 2.24) is 4.98 Å². The number of halogens is 1. The molecule has 1 aromatic heterocycles. The fourth-order valence-electron chi connectivity index (χ4n) is 2.29. The minimum absolute atomic E-state index is 0.760. The van der Waals surface area contributed by atoms with Crippen LogP contribution in [-0.2, 0) is 6.54 Å². The van der Waals surface area contributed by atoms with Gasteiger partial charge in [0.25, 0.3) is 0 Å². The number of nitrogens with zero attached hydrogens (tertiary/aromatic N) is 1. The predicted octanol–water partition coefficient (Wildman–Crippen LogP) is 4.92. The van der Waals surface area contributed by atoms with Crippen LogP contribution in [0.25, 0.3) is 10.8 Å². The molecule has 3 rings (SSSR count). The molecule has 0 saturated carbocycles. The third-order valence-electron chi connectivity index (χ3n) is 3.41. The monoisotopic (exact) mass is 326 g/mol. The molecule has 100 valence electrons. The molecule has 0 saturated heterocycles. The molecule has 1 N–H and O–H groups in total. The zero-order valence-electron chi connectivity index (χ0n) is 11.2. The van der Waals surface area contributed by atoms with Gasteiger partial charge in [-0.05, 0) is 45.4 Å². The number of aryl methyl sites for hydroxylation is 1. The lowest BCUT2D eigenvalue weighted by Gasteiger charge is -2.11. The van der Waals surface area contributed by atoms with Gasteiger partial charge in [-0.1, -0.05) is 36.4 Å². The Morgan fingerprint density at radius 3 is 2.80 bits per heavy atom. The number of benzene rings is 2. The highest BCUT2D eigenvalue weighted by atomic mass is 79.9. The van der Waals surface area contributed by atoms with Gasteiger partial charge in [-0.3, -0.25) is 4.98 Å². The van der Waals surface area contributed by atoms with Crippen molar-refractivity contribution in [1.29, 1.82) is 0 Å².